The second-order valence-corrected chi connectivity index (χ2v) is 8.07. The number of carboxylic acids is 1. The van der Waals surface area contributed by atoms with Crippen LogP contribution in [0.5, 0.6) is 0 Å². The summed E-state index contributed by atoms with van der Waals surface area (Å²) in [6.07, 6.45) is 0. The van der Waals surface area contributed by atoms with Crippen molar-refractivity contribution in [1.29, 1.82) is 0 Å². The number of thiophene rings is 1. The standard InChI is InChI=1S/C19H14BrNO3S2/c20-14-9-5-4-8-13(14)18-17(19(23)24)15(10-26-18)21-16(22)11-25-12-6-2-1-3-7-12/h1-10H,11H2,(H,21,22)(H,23,24). The molecule has 0 unspecified atom stereocenters. The van der Waals surface area contributed by atoms with Crippen molar-refractivity contribution in [2.75, 3.05) is 11.1 Å². The predicted molar refractivity (Wildman–Crippen MR) is 110 cm³/mol. The first-order valence-electron chi connectivity index (χ1n) is 7.63. The molecule has 0 aliphatic carbocycles. The molecule has 1 amide bonds. The van der Waals surface area contributed by atoms with E-state index in [-0.39, 0.29) is 17.2 Å². The van der Waals surface area contributed by atoms with Gasteiger partial charge in [-0.05, 0) is 18.2 Å². The van der Waals surface area contributed by atoms with Crippen LogP contribution in [-0.4, -0.2) is 22.7 Å². The van der Waals surface area contributed by atoms with E-state index in [9.17, 15) is 14.7 Å². The molecule has 1 heterocycles. The summed E-state index contributed by atoms with van der Waals surface area (Å²) in [5, 5.41) is 14.0. The molecule has 0 saturated carbocycles. The van der Waals surface area contributed by atoms with Gasteiger partial charge in [0.25, 0.3) is 0 Å². The number of halogens is 1. The van der Waals surface area contributed by atoms with Gasteiger partial charge in [0.15, 0.2) is 0 Å². The van der Waals surface area contributed by atoms with Gasteiger partial charge < -0.3 is 10.4 Å². The normalized spacial score (nSPS) is 10.5. The van der Waals surface area contributed by atoms with Crippen molar-refractivity contribution in [3.63, 3.8) is 0 Å². The molecule has 3 rings (SSSR count). The fourth-order valence-electron chi connectivity index (χ4n) is 2.36. The largest absolute Gasteiger partial charge is 0.478 e. The van der Waals surface area contributed by atoms with Crippen LogP contribution in [-0.2, 0) is 4.79 Å². The number of hydrogen-bond acceptors (Lipinski definition) is 4. The zero-order chi connectivity index (χ0) is 18.5. The number of carbonyl (C=O) groups excluding carboxylic acids is 1. The van der Waals surface area contributed by atoms with Crippen LogP contribution in [0.2, 0.25) is 0 Å². The summed E-state index contributed by atoms with van der Waals surface area (Å²) in [6.45, 7) is 0. The first-order valence-corrected chi connectivity index (χ1v) is 10.3. The summed E-state index contributed by atoms with van der Waals surface area (Å²) in [6, 6.07) is 17.0. The molecule has 7 heteroatoms. The molecule has 2 N–H and O–H groups in total. The minimum atomic E-state index is -1.07. The zero-order valence-corrected chi connectivity index (χ0v) is 16.7. The third-order valence-corrected chi connectivity index (χ3v) is 6.23. The van der Waals surface area contributed by atoms with Gasteiger partial charge in [0, 0.05) is 20.3 Å². The van der Waals surface area contributed by atoms with Crippen molar-refractivity contribution < 1.29 is 14.7 Å². The molecule has 0 atom stereocenters. The Labute approximate surface area is 167 Å². The van der Waals surface area contributed by atoms with E-state index in [1.165, 1.54) is 23.1 Å². The smallest absolute Gasteiger partial charge is 0.339 e. The van der Waals surface area contributed by atoms with Gasteiger partial charge in [-0.2, -0.15) is 0 Å². The molecule has 2 aromatic carbocycles. The van der Waals surface area contributed by atoms with Crippen LogP contribution in [0, 0.1) is 0 Å². The molecule has 26 heavy (non-hydrogen) atoms. The Morgan fingerprint density at radius 2 is 1.77 bits per heavy atom. The second kappa shape index (κ2) is 8.53. The lowest BCUT2D eigenvalue weighted by atomic mass is 10.1. The van der Waals surface area contributed by atoms with Crippen molar-refractivity contribution >= 4 is 56.6 Å². The van der Waals surface area contributed by atoms with E-state index >= 15 is 0 Å². The number of carboxylic acid groups (broad SMARTS) is 1. The Morgan fingerprint density at radius 3 is 2.46 bits per heavy atom. The maximum atomic E-state index is 12.2. The second-order valence-electron chi connectivity index (χ2n) is 5.29. The number of hydrogen-bond donors (Lipinski definition) is 2. The number of anilines is 1. The van der Waals surface area contributed by atoms with Gasteiger partial charge in [-0.15, -0.1) is 23.1 Å². The van der Waals surface area contributed by atoms with Crippen LogP contribution in [0.15, 0.2) is 69.3 Å². The van der Waals surface area contributed by atoms with Crippen LogP contribution in [0.25, 0.3) is 10.4 Å². The molecular weight excluding hydrogens is 434 g/mol. The average molecular weight is 448 g/mol. The van der Waals surface area contributed by atoms with E-state index in [0.29, 0.717) is 10.6 Å². The Bertz CT molecular complexity index is 941. The van der Waals surface area contributed by atoms with E-state index in [4.69, 9.17) is 0 Å². The monoisotopic (exact) mass is 447 g/mol. The van der Waals surface area contributed by atoms with Gasteiger partial charge in [-0.1, -0.05) is 52.3 Å². The Hall–Kier alpha value is -2.09. The summed E-state index contributed by atoms with van der Waals surface area (Å²) in [5.41, 5.74) is 1.22. The summed E-state index contributed by atoms with van der Waals surface area (Å²) in [5.74, 6) is -1.09. The Kier molecular flexibility index (Phi) is 6.13. The first-order chi connectivity index (χ1) is 12.6. The quantitative estimate of drug-likeness (QED) is 0.482. The summed E-state index contributed by atoms with van der Waals surface area (Å²) < 4.78 is 0.807. The average Bonchev–Trinajstić information content (AvgIpc) is 3.05. The number of nitrogens with one attached hydrogen (secondary N) is 1. The SMILES string of the molecule is O=C(CSc1ccccc1)Nc1csc(-c2ccccc2Br)c1C(=O)O. The summed E-state index contributed by atoms with van der Waals surface area (Å²) >= 11 is 6.15. The highest BCUT2D eigenvalue weighted by molar-refractivity contribution is 9.10. The third kappa shape index (κ3) is 4.35. The molecule has 0 radical (unpaired) electrons. The number of benzene rings is 2. The van der Waals surface area contributed by atoms with Crippen LogP contribution in [0.3, 0.4) is 0 Å². The van der Waals surface area contributed by atoms with E-state index < -0.39 is 5.97 Å². The predicted octanol–water partition coefficient (Wildman–Crippen LogP) is 5.61. The number of rotatable bonds is 6. The van der Waals surface area contributed by atoms with Gasteiger partial charge in [0.05, 0.1) is 16.3 Å². The molecule has 0 saturated heterocycles. The lowest BCUT2D eigenvalue weighted by molar-refractivity contribution is -0.113. The van der Waals surface area contributed by atoms with Gasteiger partial charge in [0.1, 0.15) is 5.56 Å². The summed E-state index contributed by atoms with van der Waals surface area (Å²) in [4.78, 5) is 25.6. The molecule has 0 spiro atoms. The van der Waals surface area contributed by atoms with Crippen molar-refractivity contribution in [1.82, 2.24) is 0 Å². The van der Waals surface area contributed by atoms with E-state index in [1.54, 1.807) is 5.38 Å². The minimum Gasteiger partial charge on any atom is -0.478 e. The van der Waals surface area contributed by atoms with Crippen LogP contribution >= 0.6 is 39.0 Å². The van der Waals surface area contributed by atoms with Crippen LogP contribution < -0.4 is 5.32 Å². The fourth-order valence-corrected chi connectivity index (χ4v) is 4.72. The highest BCUT2D eigenvalue weighted by Gasteiger charge is 2.22. The lowest BCUT2D eigenvalue weighted by Gasteiger charge is -2.07. The molecule has 0 fully saturated rings. The van der Waals surface area contributed by atoms with Crippen molar-refractivity contribution in [2.45, 2.75) is 4.90 Å². The van der Waals surface area contributed by atoms with Crippen LogP contribution in [0.4, 0.5) is 5.69 Å². The van der Waals surface area contributed by atoms with E-state index in [1.807, 2.05) is 54.6 Å². The highest BCUT2D eigenvalue weighted by atomic mass is 79.9. The molecule has 0 bridgehead atoms. The molecular formula is C19H14BrNO3S2. The van der Waals surface area contributed by atoms with Crippen molar-refractivity contribution in [3.8, 4) is 10.4 Å². The third-order valence-electron chi connectivity index (χ3n) is 3.51. The minimum absolute atomic E-state index is 0.111. The Morgan fingerprint density at radius 1 is 1.08 bits per heavy atom. The molecule has 132 valence electrons. The van der Waals surface area contributed by atoms with Gasteiger partial charge >= 0.3 is 5.97 Å². The number of aromatic carboxylic acids is 1. The van der Waals surface area contributed by atoms with E-state index in [0.717, 1.165) is 14.9 Å². The molecule has 1 aromatic heterocycles. The van der Waals surface area contributed by atoms with Gasteiger partial charge in [-0.3, -0.25) is 4.79 Å². The lowest BCUT2D eigenvalue weighted by Crippen LogP contribution is -2.15. The van der Waals surface area contributed by atoms with Crippen LogP contribution in [0.1, 0.15) is 10.4 Å². The first kappa shape index (κ1) is 18.7. The maximum Gasteiger partial charge on any atom is 0.339 e. The number of thioether (sulfide) groups is 1. The molecule has 4 nitrogen and oxygen atoms in total. The van der Waals surface area contributed by atoms with Crippen molar-refractivity contribution in [3.05, 3.63) is 70.0 Å². The van der Waals surface area contributed by atoms with Crippen molar-refractivity contribution in [2.24, 2.45) is 0 Å². The zero-order valence-electron chi connectivity index (χ0n) is 13.4. The summed E-state index contributed by atoms with van der Waals surface area (Å²) in [7, 11) is 0. The maximum absolute atomic E-state index is 12.2. The fraction of sp³-hybridized carbons (Fsp3) is 0.0526. The topological polar surface area (TPSA) is 66.4 Å². The molecule has 3 aromatic rings. The molecule has 0 aliphatic heterocycles. The Balaban J connectivity index is 1.79. The number of amides is 1. The molecule has 0 aliphatic rings. The van der Waals surface area contributed by atoms with Gasteiger partial charge in [0.2, 0.25) is 5.91 Å². The van der Waals surface area contributed by atoms with E-state index in [2.05, 4.69) is 21.2 Å². The highest BCUT2D eigenvalue weighted by Crippen LogP contribution is 2.39. The van der Waals surface area contributed by atoms with Gasteiger partial charge in [-0.25, -0.2) is 4.79 Å². The number of carbonyl (C=O) groups is 2.